The SMILES string of the molecule is Cc1ccc(S(=O)(=O)N2CCN(CC(=O)c3cc(C)n(C4CC4)c3C)CC2)c(C)c1. The number of Topliss-reactive ketones (excluding diaryl/α,β-unsaturated/α-hetero) is 1. The number of nitrogens with zero attached hydrogens (tertiary/aromatic N) is 3. The Balaban J connectivity index is 1.40. The molecule has 7 heteroatoms. The predicted octanol–water partition coefficient (Wildman–Crippen LogP) is 3.25. The van der Waals surface area contributed by atoms with Crippen LogP contribution in [0.4, 0.5) is 0 Å². The van der Waals surface area contributed by atoms with E-state index in [-0.39, 0.29) is 5.78 Å². The second-order valence-electron chi connectivity index (χ2n) is 8.76. The average Bonchev–Trinajstić information content (AvgIpc) is 3.46. The Morgan fingerprint density at radius 3 is 2.27 bits per heavy atom. The first-order valence-electron chi connectivity index (χ1n) is 10.7. The number of aryl methyl sites for hydroxylation is 3. The third-order valence-electron chi connectivity index (χ3n) is 6.34. The van der Waals surface area contributed by atoms with Crippen LogP contribution in [-0.4, -0.2) is 60.7 Å². The van der Waals surface area contributed by atoms with E-state index in [4.69, 9.17) is 0 Å². The van der Waals surface area contributed by atoms with Gasteiger partial charge in [-0.15, -0.1) is 0 Å². The first kappa shape index (κ1) is 21.3. The van der Waals surface area contributed by atoms with E-state index in [0.717, 1.165) is 28.1 Å². The number of carbonyl (C=O) groups excluding carboxylic acids is 1. The number of ketones is 1. The highest BCUT2D eigenvalue weighted by molar-refractivity contribution is 7.89. The van der Waals surface area contributed by atoms with Crippen molar-refractivity contribution in [1.29, 1.82) is 0 Å². The van der Waals surface area contributed by atoms with Crippen LogP contribution in [-0.2, 0) is 10.0 Å². The van der Waals surface area contributed by atoms with E-state index >= 15 is 0 Å². The second kappa shape index (κ2) is 7.94. The number of aromatic nitrogens is 1. The number of hydrogen-bond acceptors (Lipinski definition) is 4. The summed E-state index contributed by atoms with van der Waals surface area (Å²) in [6.45, 7) is 10.2. The average molecular weight is 430 g/mol. The molecule has 1 aromatic heterocycles. The fourth-order valence-corrected chi connectivity index (χ4v) is 6.23. The number of hydrogen-bond donors (Lipinski definition) is 0. The summed E-state index contributed by atoms with van der Waals surface area (Å²) in [5.41, 5.74) is 4.86. The maximum absolute atomic E-state index is 13.1. The minimum atomic E-state index is -3.51. The zero-order chi connectivity index (χ0) is 21.6. The molecule has 0 unspecified atom stereocenters. The normalized spacial score (nSPS) is 18.7. The second-order valence-corrected chi connectivity index (χ2v) is 10.7. The van der Waals surface area contributed by atoms with E-state index in [9.17, 15) is 13.2 Å². The molecule has 4 rings (SSSR count). The minimum absolute atomic E-state index is 0.126. The van der Waals surface area contributed by atoms with Gasteiger partial charge in [0.05, 0.1) is 11.4 Å². The van der Waals surface area contributed by atoms with Crippen LogP contribution in [0.25, 0.3) is 0 Å². The van der Waals surface area contributed by atoms with Crippen LogP contribution in [0, 0.1) is 27.7 Å². The Labute approximate surface area is 179 Å². The fourth-order valence-electron chi connectivity index (χ4n) is 4.60. The number of piperazine rings is 1. The van der Waals surface area contributed by atoms with Gasteiger partial charge in [-0.2, -0.15) is 4.31 Å². The van der Waals surface area contributed by atoms with Gasteiger partial charge >= 0.3 is 0 Å². The molecule has 0 radical (unpaired) electrons. The van der Waals surface area contributed by atoms with Crippen molar-refractivity contribution in [3.05, 3.63) is 52.3 Å². The predicted molar refractivity (Wildman–Crippen MR) is 118 cm³/mol. The Hall–Kier alpha value is -1.96. The van der Waals surface area contributed by atoms with Crippen LogP contribution in [0.15, 0.2) is 29.2 Å². The summed E-state index contributed by atoms with van der Waals surface area (Å²) in [6, 6.07) is 8.01. The molecule has 1 aromatic carbocycles. The highest BCUT2D eigenvalue weighted by atomic mass is 32.2. The van der Waals surface area contributed by atoms with E-state index in [2.05, 4.69) is 16.4 Å². The molecular weight excluding hydrogens is 398 g/mol. The van der Waals surface area contributed by atoms with E-state index in [1.165, 1.54) is 12.8 Å². The molecular formula is C23H31N3O3S. The lowest BCUT2D eigenvalue weighted by atomic mass is 10.1. The molecule has 2 fully saturated rings. The van der Waals surface area contributed by atoms with Crippen LogP contribution in [0.3, 0.4) is 0 Å². The van der Waals surface area contributed by atoms with Gasteiger partial charge in [0.25, 0.3) is 0 Å². The molecule has 1 saturated carbocycles. The smallest absolute Gasteiger partial charge is 0.243 e. The monoisotopic (exact) mass is 429 g/mol. The Morgan fingerprint density at radius 2 is 1.67 bits per heavy atom. The van der Waals surface area contributed by atoms with E-state index in [1.54, 1.807) is 10.4 Å². The zero-order valence-corrected chi connectivity index (χ0v) is 19.1. The molecule has 0 atom stereocenters. The molecule has 6 nitrogen and oxygen atoms in total. The summed E-state index contributed by atoms with van der Waals surface area (Å²) in [5.74, 6) is 0.126. The van der Waals surface area contributed by atoms with Gasteiger partial charge in [-0.3, -0.25) is 9.69 Å². The molecule has 0 amide bonds. The Morgan fingerprint density at radius 1 is 1.00 bits per heavy atom. The van der Waals surface area contributed by atoms with Crippen molar-refractivity contribution in [2.75, 3.05) is 32.7 Å². The van der Waals surface area contributed by atoms with Crippen molar-refractivity contribution in [2.24, 2.45) is 0 Å². The molecule has 1 aliphatic heterocycles. The third-order valence-corrected chi connectivity index (χ3v) is 8.40. The van der Waals surface area contributed by atoms with Crippen LogP contribution >= 0.6 is 0 Å². The quantitative estimate of drug-likeness (QED) is 0.662. The Bertz CT molecular complexity index is 1080. The van der Waals surface area contributed by atoms with Crippen molar-refractivity contribution in [3.63, 3.8) is 0 Å². The van der Waals surface area contributed by atoms with E-state index in [0.29, 0.717) is 43.7 Å². The zero-order valence-electron chi connectivity index (χ0n) is 18.3. The van der Waals surface area contributed by atoms with Gasteiger partial charge in [-0.25, -0.2) is 8.42 Å². The van der Waals surface area contributed by atoms with Crippen molar-refractivity contribution in [1.82, 2.24) is 13.8 Å². The lowest BCUT2D eigenvalue weighted by Gasteiger charge is -2.33. The highest BCUT2D eigenvalue weighted by Gasteiger charge is 2.32. The third kappa shape index (κ3) is 3.98. The van der Waals surface area contributed by atoms with Gasteiger partial charge < -0.3 is 4.57 Å². The van der Waals surface area contributed by atoms with Gasteiger partial charge in [-0.1, -0.05) is 17.7 Å². The summed E-state index contributed by atoms with van der Waals surface area (Å²) in [5, 5.41) is 0. The largest absolute Gasteiger partial charge is 0.345 e. The van der Waals surface area contributed by atoms with Gasteiger partial charge in [0.15, 0.2) is 5.78 Å². The van der Waals surface area contributed by atoms with Crippen LogP contribution in [0.5, 0.6) is 0 Å². The number of sulfonamides is 1. The lowest BCUT2D eigenvalue weighted by molar-refractivity contribution is 0.0901. The van der Waals surface area contributed by atoms with Crippen LogP contribution in [0.2, 0.25) is 0 Å². The fraction of sp³-hybridized carbons (Fsp3) is 0.522. The minimum Gasteiger partial charge on any atom is -0.345 e. The standard InChI is InChI=1S/C23H31N3O3S/c1-16-5-8-23(17(2)13-16)30(28,29)25-11-9-24(10-12-25)15-22(27)21-14-18(3)26(19(21)4)20-6-7-20/h5,8,13-14,20H,6-7,9-12,15H2,1-4H3. The topological polar surface area (TPSA) is 62.6 Å². The molecule has 2 aromatic rings. The number of benzene rings is 1. The first-order chi connectivity index (χ1) is 14.2. The lowest BCUT2D eigenvalue weighted by Crippen LogP contribution is -2.49. The molecule has 0 spiro atoms. The molecule has 0 N–H and O–H groups in total. The van der Waals surface area contributed by atoms with Crippen molar-refractivity contribution >= 4 is 15.8 Å². The van der Waals surface area contributed by atoms with E-state index < -0.39 is 10.0 Å². The highest BCUT2D eigenvalue weighted by Crippen LogP contribution is 2.38. The molecule has 0 bridgehead atoms. The van der Waals surface area contributed by atoms with Gasteiger partial charge in [0, 0.05) is 49.2 Å². The molecule has 2 heterocycles. The van der Waals surface area contributed by atoms with Gasteiger partial charge in [0.2, 0.25) is 10.0 Å². The summed E-state index contributed by atoms with van der Waals surface area (Å²) in [4.78, 5) is 15.4. The molecule has 2 aliphatic rings. The first-order valence-corrected chi connectivity index (χ1v) is 12.1. The Kier molecular flexibility index (Phi) is 5.64. The van der Waals surface area contributed by atoms with Crippen molar-refractivity contribution in [2.45, 2.75) is 51.5 Å². The number of carbonyl (C=O) groups is 1. The maximum atomic E-state index is 13.1. The van der Waals surface area contributed by atoms with Crippen molar-refractivity contribution < 1.29 is 13.2 Å². The van der Waals surface area contributed by atoms with Crippen LogP contribution in [0.1, 0.15) is 51.8 Å². The van der Waals surface area contributed by atoms with Gasteiger partial charge in [0.1, 0.15) is 0 Å². The molecule has 162 valence electrons. The molecule has 1 saturated heterocycles. The maximum Gasteiger partial charge on any atom is 0.243 e. The molecule has 30 heavy (non-hydrogen) atoms. The summed E-state index contributed by atoms with van der Waals surface area (Å²) >= 11 is 0. The summed E-state index contributed by atoms with van der Waals surface area (Å²) < 4.78 is 30.0. The number of rotatable bonds is 6. The van der Waals surface area contributed by atoms with Crippen molar-refractivity contribution in [3.8, 4) is 0 Å². The van der Waals surface area contributed by atoms with Crippen LogP contribution < -0.4 is 0 Å². The van der Waals surface area contributed by atoms with Gasteiger partial charge in [-0.05, 0) is 58.2 Å². The van der Waals surface area contributed by atoms with E-state index in [1.807, 2.05) is 39.0 Å². The summed E-state index contributed by atoms with van der Waals surface area (Å²) in [6.07, 6.45) is 2.39. The summed E-state index contributed by atoms with van der Waals surface area (Å²) in [7, 11) is -3.51. The molecule has 1 aliphatic carbocycles.